The maximum absolute atomic E-state index is 12.1. The molecule has 3 heteroatoms. The summed E-state index contributed by atoms with van der Waals surface area (Å²) in [5, 5.41) is 6.47. The molecule has 2 aliphatic rings. The third-order valence-corrected chi connectivity index (χ3v) is 3.63. The van der Waals surface area contributed by atoms with Crippen LogP contribution in [0, 0.1) is 5.41 Å². The Labute approximate surface area is 85.6 Å². The molecule has 0 spiro atoms. The molecule has 0 atom stereocenters. The molecule has 80 valence electrons. The Kier molecular flexibility index (Phi) is 2.77. The number of rotatable bonds is 3. The molecule has 1 heterocycles. The zero-order valence-electron chi connectivity index (χ0n) is 8.94. The average Bonchev–Trinajstić information content (AvgIpc) is 3.02. The van der Waals surface area contributed by atoms with Gasteiger partial charge in [0.2, 0.25) is 5.91 Å². The van der Waals surface area contributed by atoms with Gasteiger partial charge in [-0.3, -0.25) is 4.79 Å². The molecule has 2 fully saturated rings. The minimum atomic E-state index is -0.0617. The summed E-state index contributed by atoms with van der Waals surface area (Å²) in [4.78, 5) is 12.1. The van der Waals surface area contributed by atoms with Gasteiger partial charge in [0.25, 0.3) is 0 Å². The van der Waals surface area contributed by atoms with Gasteiger partial charge in [0.15, 0.2) is 0 Å². The first kappa shape index (κ1) is 9.97. The third kappa shape index (κ3) is 1.92. The Hall–Kier alpha value is -0.570. The minimum Gasteiger partial charge on any atom is -0.353 e. The summed E-state index contributed by atoms with van der Waals surface area (Å²) >= 11 is 0. The first-order valence-electron chi connectivity index (χ1n) is 5.78. The predicted molar refractivity (Wildman–Crippen MR) is 56.0 cm³/mol. The standard InChI is InChI=1S/C11H20N2O/c1-2-11(5-7-12-8-6-11)10(14)13-9-3-4-9/h9,12H,2-8H2,1H3,(H,13,14). The van der Waals surface area contributed by atoms with Crippen LogP contribution in [-0.4, -0.2) is 25.0 Å². The summed E-state index contributed by atoms with van der Waals surface area (Å²) < 4.78 is 0. The van der Waals surface area contributed by atoms with Crippen LogP contribution in [0.4, 0.5) is 0 Å². The molecule has 0 aromatic carbocycles. The fourth-order valence-corrected chi connectivity index (χ4v) is 2.21. The molecule has 2 rings (SSSR count). The number of amides is 1. The van der Waals surface area contributed by atoms with Gasteiger partial charge in [-0.1, -0.05) is 6.92 Å². The lowest BCUT2D eigenvalue weighted by molar-refractivity contribution is -0.133. The largest absolute Gasteiger partial charge is 0.353 e. The summed E-state index contributed by atoms with van der Waals surface area (Å²) in [5.74, 6) is 0.309. The lowest BCUT2D eigenvalue weighted by Gasteiger charge is -2.35. The molecule has 3 nitrogen and oxygen atoms in total. The Bertz CT molecular complexity index is 217. The number of nitrogens with one attached hydrogen (secondary N) is 2. The highest BCUT2D eigenvalue weighted by atomic mass is 16.2. The van der Waals surface area contributed by atoms with E-state index in [0.29, 0.717) is 11.9 Å². The first-order valence-corrected chi connectivity index (χ1v) is 5.78. The van der Waals surface area contributed by atoms with E-state index in [0.717, 1.165) is 32.4 Å². The predicted octanol–water partition coefficient (Wildman–Crippen LogP) is 1.04. The van der Waals surface area contributed by atoms with Crippen molar-refractivity contribution in [2.24, 2.45) is 5.41 Å². The Morgan fingerprint density at radius 3 is 2.57 bits per heavy atom. The van der Waals surface area contributed by atoms with Gasteiger partial charge in [-0.15, -0.1) is 0 Å². The summed E-state index contributed by atoms with van der Waals surface area (Å²) in [5.41, 5.74) is -0.0617. The van der Waals surface area contributed by atoms with E-state index in [2.05, 4.69) is 17.6 Å². The molecular weight excluding hydrogens is 176 g/mol. The SMILES string of the molecule is CCC1(C(=O)NC2CC2)CCNCC1. The quantitative estimate of drug-likeness (QED) is 0.708. The second kappa shape index (κ2) is 3.89. The van der Waals surface area contributed by atoms with Gasteiger partial charge in [0.1, 0.15) is 0 Å². The van der Waals surface area contributed by atoms with Crippen LogP contribution in [0.2, 0.25) is 0 Å². The lowest BCUT2D eigenvalue weighted by Crippen LogP contribution is -2.47. The molecule has 1 saturated carbocycles. The molecule has 14 heavy (non-hydrogen) atoms. The Morgan fingerprint density at radius 2 is 2.07 bits per heavy atom. The molecular formula is C11H20N2O. The van der Waals surface area contributed by atoms with Gasteiger partial charge < -0.3 is 10.6 Å². The molecule has 0 aromatic heterocycles. The van der Waals surface area contributed by atoms with Crippen LogP contribution in [0.5, 0.6) is 0 Å². The number of piperidine rings is 1. The van der Waals surface area contributed by atoms with Crippen molar-refractivity contribution in [3.05, 3.63) is 0 Å². The highest BCUT2D eigenvalue weighted by Crippen LogP contribution is 2.34. The van der Waals surface area contributed by atoms with Crippen molar-refractivity contribution >= 4 is 5.91 Å². The number of carbonyl (C=O) groups excluding carboxylic acids is 1. The molecule has 1 aliphatic carbocycles. The van der Waals surface area contributed by atoms with Crippen LogP contribution in [0.25, 0.3) is 0 Å². The van der Waals surface area contributed by atoms with Crippen LogP contribution < -0.4 is 10.6 Å². The topological polar surface area (TPSA) is 41.1 Å². The monoisotopic (exact) mass is 196 g/mol. The lowest BCUT2D eigenvalue weighted by atomic mass is 9.76. The second-order valence-electron chi connectivity index (χ2n) is 4.63. The van der Waals surface area contributed by atoms with Crippen molar-refractivity contribution in [3.8, 4) is 0 Å². The summed E-state index contributed by atoms with van der Waals surface area (Å²) in [7, 11) is 0. The van der Waals surface area contributed by atoms with Gasteiger partial charge in [-0.05, 0) is 45.2 Å². The molecule has 1 amide bonds. The zero-order chi connectivity index (χ0) is 10.0. The third-order valence-electron chi connectivity index (χ3n) is 3.63. The van der Waals surface area contributed by atoms with E-state index in [9.17, 15) is 4.79 Å². The van der Waals surface area contributed by atoms with Gasteiger partial charge >= 0.3 is 0 Å². The molecule has 1 saturated heterocycles. The molecule has 0 aromatic rings. The number of hydrogen-bond donors (Lipinski definition) is 2. The van der Waals surface area contributed by atoms with Crippen molar-refractivity contribution in [1.82, 2.24) is 10.6 Å². The Balaban J connectivity index is 1.97. The van der Waals surface area contributed by atoms with E-state index in [-0.39, 0.29) is 5.41 Å². The average molecular weight is 196 g/mol. The molecule has 2 N–H and O–H groups in total. The van der Waals surface area contributed by atoms with E-state index >= 15 is 0 Å². The summed E-state index contributed by atoms with van der Waals surface area (Å²) in [6.07, 6.45) is 5.35. The maximum atomic E-state index is 12.1. The highest BCUT2D eigenvalue weighted by Gasteiger charge is 2.39. The number of carbonyl (C=O) groups is 1. The molecule has 0 unspecified atom stereocenters. The van der Waals surface area contributed by atoms with E-state index in [4.69, 9.17) is 0 Å². The normalized spacial score (nSPS) is 25.8. The van der Waals surface area contributed by atoms with Crippen LogP contribution in [-0.2, 0) is 4.79 Å². The van der Waals surface area contributed by atoms with Crippen molar-refractivity contribution in [2.75, 3.05) is 13.1 Å². The molecule has 1 aliphatic heterocycles. The Morgan fingerprint density at radius 1 is 1.43 bits per heavy atom. The number of hydrogen-bond acceptors (Lipinski definition) is 2. The van der Waals surface area contributed by atoms with Crippen molar-refractivity contribution in [2.45, 2.75) is 45.1 Å². The van der Waals surface area contributed by atoms with Crippen molar-refractivity contribution in [1.29, 1.82) is 0 Å². The van der Waals surface area contributed by atoms with Gasteiger partial charge in [-0.2, -0.15) is 0 Å². The second-order valence-corrected chi connectivity index (χ2v) is 4.63. The van der Waals surface area contributed by atoms with Crippen molar-refractivity contribution < 1.29 is 4.79 Å². The van der Waals surface area contributed by atoms with Crippen LogP contribution in [0.15, 0.2) is 0 Å². The maximum Gasteiger partial charge on any atom is 0.226 e. The van der Waals surface area contributed by atoms with E-state index in [1.807, 2.05) is 0 Å². The van der Waals surface area contributed by atoms with E-state index < -0.39 is 0 Å². The van der Waals surface area contributed by atoms with Crippen LogP contribution in [0.3, 0.4) is 0 Å². The molecule has 0 radical (unpaired) electrons. The first-order chi connectivity index (χ1) is 6.77. The molecule has 0 bridgehead atoms. The minimum absolute atomic E-state index is 0.0617. The van der Waals surface area contributed by atoms with E-state index in [1.54, 1.807) is 0 Å². The van der Waals surface area contributed by atoms with Gasteiger partial charge in [-0.25, -0.2) is 0 Å². The summed E-state index contributed by atoms with van der Waals surface area (Å²) in [6.45, 7) is 4.12. The fraction of sp³-hybridized carbons (Fsp3) is 0.909. The highest BCUT2D eigenvalue weighted by molar-refractivity contribution is 5.83. The summed E-state index contributed by atoms with van der Waals surface area (Å²) in [6, 6.07) is 0.501. The van der Waals surface area contributed by atoms with E-state index in [1.165, 1.54) is 12.8 Å². The van der Waals surface area contributed by atoms with Crippen molar-refractivity contribution in [3.63, 3.8) is 0 Å². The van der Waals surface area contributed by atoms with Crippen LogP contribution in [0.1, 0.15) is 39.0 Å². The smallest absolute Gasteiger partial charge is 0.226 e. The zero-order valence-corrected chi connectivity index (χ0v) is 8.94. The van der Waals surface area contributed by atoms with Crippen LogP contribution >= 0.6 is 0 Å². The van der Waals surface area contributed by atoms with Gasteiger partial charge in [0, 0.05) is 6.04 Å². The fourth-order valence-electron chi connectivity index (χ4n) is 2.21. The van der Waals surface area contributed by atoms with Gasteiger partial charge in [0.05, 0.1) is 5.41 Å².